The van der Waals surface area contributed by atoms with Gasteiger partial charge < -0.3 is 15.6 Å². The highest BCUT2D eigenvalue weighted by molar-refractivity contribution is 6.35. The van der Waals surface area contributed by atoms with Crippen LogP contribution in [0.1, 0.15) is 12.8 Å². The van der Waals surface area contributed by atoms with Gasteiger partial charge in [-0.1, -0.05) is 0 Å². The van der Waals surface area contributed by atoms with E-state index >= 15 is 0 Å². The number of carbonyl (C=O) groups is 3. The first kappa shape index (κ1) is 8.61. The maximum Gasteiger partial charge on any atom is 0.284 e. The molecule has 0 aromatic heterocycles. The van der Waals surface area contributed by atoms with E-state index in [0.717, 1.165) is 0 Å². The number of amides is 1. The molecule has 2 N–H and O–H groups in total. The highest BCUT2D eigenvalue weighted by Crippen LogP contribution is 1.87. The van der Waals surface area contributed by atoms with Crippen molar-refractivity contribution in [1.82, 2.24) is 0 Å². The van der Waals surface area contributed by atoms with Gasteiger partial charge >= 0.3 is 0 Å². The SMILES string of the molecule is NC(=O)C(=O)CCC(=O)[O-]. The van der Waals surface area contributed by atoms with Crippen LogP contribution < -0.4 is 10.8 Å². The molecule has 0 rings (SSSR count). The number of aliphatic carboxylic acids is 1. The first-order valence-electron chi connectivity index (χ1n) is 2.56. The Balaban J connectivity index is 3.60. The van der Waals surface area contributed by atoms with E-state index in [9.17, 15) is 19.5 Å². The fourth-order valence-corrected chi connectivity index (χ4v) is 0.339. The van der Waals surface area contributed by atoms with Crippen LogP contribution in [0.2, 0.25) is 0 Å². The molecule has 0 aromatic rings. The lowest BCUT2D eigenvalue weighted by Gasteiger charge is -1.96. The molecule has 0 aliphatic heterocycles. The molecule has 0 aliphatic carbocycles. The number of rotatable bonds is 4. The lowest BCUT2D eigenvalue weighted by Crippen LogP contribution is -2.27. The van der Waals surface area contributed by atoms with Gasteiger partial charge in [0, 0.05) is 12.4 Å². The van der Waals surface area contributed by atoms with Gasteiger partial charge in [-0.2, -0.15) is 0 Å². The summed E-state index contributed by atoms with van der Waals surface area (Å²) in [5, 5.41) is 9.71. The molecular weight excluding hydrogens is 138 g/mol. The molecular formula is C5H6NO4-. The van der Waals surface area contributed by atoms with E-state index < -0.39 is 24.1 Å². The monoisotopic (exact) mass is 144 g/mol. The van der Waals surface area contributed by atoms with E-state index in [0.29, 0.717) is 0 Å². The summed E-state index contributed by atoms with van der Waals surface area (Å²) >= 11 is 0. The van der Waals surface area contributed by atoms with Crippen molar-refractivity contribution in [2.24, 2.45) is 5.73 Å². The fourth-order valence-electron chi connectivity index (χ4n) is 0.339. The van der Waals surface area contributed by atoms with Gasteiger partial charge in [-0.05, 0) is 6.42 Å². The van der Waals surface area contributed by atoms with Crippen molar-refractivity contribution in [3.05, 3.63) is 0 Å². The summed E-state index contributed by atoms with van der Waals surface area (Å²) in [7, 11) is 0. The number of nitrogens with two attached hydrogens (primary N) is 1. The van der Waals surface area contributed by atoms with E-state index in [-0.39, 0.29) is 6.42 Å². The van der Waals surface area contributed by atoms with Crippen molar-refractivity contribution in [2.45, 2.75) is 12.8 Å². The highest BCUT2D eigenvalue weighted by Gasteiger charge is 2.07. The van der Waals surface area contributed by atoms with E-state index in [2.05, 4.69) is 5.73 Å². The van der Waals surface area contributed by atoms with Crippen molar-refractivity contribution in [3.63, 3.8) is 0 Å². The van der Waals surface area contributed by atoms with Gasteiger partial charge in [0.15, 0.2) is 0 Å². The van der Waals surface area contributed by atoms with Crippen LogP contribution in [0, 0.1) is 0 Å². The third-order valence-electron chi connectivity index (χ3n) is 0.831. The number of hydrogen-bond acceptors (Lipinski definition) is 4. The lowest BCUT2D eigenvalue weighted by atomic mass is 10.2. The minimum absolute atomic E-state index is 0.377. The number of ketones is 1. The number of carboxylic acids is 1. The van der Waals surface area contributed by atoms with Gasteiger partial charge in [-0.25, -0.2) is 0 Å². The van der Waals surface area contributed by atoms with Crippen LogP contribution in [-0.2, 0) is 14.4 Å². The van der Waals surface area contributed by atoms with Gasteiger partial charge in [0.05, 0.1) is 0 Å². The minimum Gasteiger partial charge on any atom is -0.550 e. The maximum atomic E-state index is 10.3. The third-order valence-corrected chi connectivity index (χ3v) is 0.831. The van der Waals surface area contributed by atoms with Crippen molar-refractivity contribution in [1.29, 1.82) is 0 Å². The number of carbonyl (C=O) groups excluding carboxylic acids is 3. The predicted molar refractivity (Wildman–Crippen MR) is 28.4 cm³/mol. The van der Waals surface area contributed by atoms with E-state index in [1.165, 1.54) is 0 Å². The molecule has 5 heteroatoms. The van der Waals surface area contributed by atoms with Crippen LogP contribution in [0.4, 0.5) is 0 Å². The van der Waals surface area contributed by atoms with Crippen molar-refractivity contribution in [3.8, 4) is 0 Å². The Morgan fingerprint density at radius 2 is 1.70 bits per heavy atom. The fraction of sp³-hybridized carbons (Fsp3) is 0.400. The van der Waals surface area contributed by atoms with E-state index in [1.54, 1.807) is 0 Å². The van der Waals surface area contributed by atoms with Crippen LogP contribution in [-0.4, -0.2) is 17.7 Å². The molecule has 0 saturated heterocycles. The molecule has 5 nitrogen and oxygen atoms in total. The standard InChI is InChI=1S/C5H7NO4/c6-5(10)3(7)1-2-4(8)9/h1-2H2,(H2,6,10)(H,8,9)/p-1. The Bertz CT molecular complexity index is 174. The smallest absolute Gasteiger partial charge is 0.284 e. The molecule has 0 bridgehead atoms. The molecule has 0 atom stereocenters. The number of carboxylic acid groups (broad SMARTS) is 1. The molecule has 10 heavy (non-hydrogen) atoms. The first-order chi connectivity index (χ1) is 4.54. The zero-order chi connectivity index (χ0) is 8.15. The molecule has 0 aromatic carbocycles. The largest absolute Gasteiger partial charge is 0.550 e. The van der Waals surface area contributed by atoms with Crippen LogP contribution in [0.25, 0.3) is 0 Å². The molecule has 0 unspecified atom stereocenters. The minimum atomic E-state index is -1.37. The zero-order valence-electron chi connectivity index (χ0n) is 5.12. The quantitative estimate of drug-likeness (QED) is 0.443. The molecule has 0 aliphatic rings. The Morgan fingerprint density at radius 3 is 2.00 bits per heavy atom. The second kappa shape index (κ2) is 3.60. The average molecular weight is 144 g/mol. The average Bonchev–Trinajstić information content (AvgIpc) is 1.82. The topological polar surface area (TPSA) is 100 Å². The molecule has 0 radical (unpaired) electrons. The molecule has 0 fully saturated rings. The van der Waals surface area contributed by atoms with Gasteiger partial charge in [0.1, 0.15) is 0 Å². The van der Waals surface area contributed by atoms with Crippen LogP contribution >= 0.6 is 0 Å². The van der Waals surface area contributed by atoms with E-state index in [4.69, 9.17) is 0 Å². The normalized spacial score (nSPS) is 8.80. The third kappa shape index (κ3) is 3.59. The van der Waals surface area contributed by atoms with Gasteiger partial charge in [0.25, 0.3) is 5.91 Å². The molecule has 0 spiro atoms. The highest BCUT2D eigenvalue weighted by atomic mass is 16.4. The van der Waals surface area contributed by atoms with Crippen LogP contribution in [0.15, 0.2) is 0 Å². The summed E-state index contributed by atoms with van der Waals surface area (Å²) < 4.78 is 0. The Hall–Kier alpha value is -1.39. The Morgan fingerprint density at radius 1 is 1.20 bits per heavy atom. The maximum absolute atomic E-state index is 10.3. The van der Waals surface area contributed by atoms with Gasteiger partial charge in [0.2, 0.25) is 5.78 Å². The molecule has 1 amide bonds. The number of hydrogen-bond donors (Lipinski definition) is 1. The van der Waals surface area contributed by atoms with Gasteiger partial charge in [-0.15, -0.1) is 0 Å². The summed E-state index contributed by atoms with van der Waals surface area (Å²) in [5.74, 6) is -3.36. The summed E-state index contributed by atoms with van der Waals surface area (Å²) in [4.78, 5) is 30.0. The zero-order valence-corrected chi connectivity index (χ0v) is 5.12. The summed E-state index contributed by atoms with van der Waals surface area (Å²) in [6.45, 7) is 0. The lowest BCUT2D eigenvalue weighted by molar-refractivity contribution is -0.305. The van der Waals surface area contributed by atoms with Crippen LogP contribution in [0.3, 0.4) is 0 Å². The Kier molecular flexibility index (Phi) is 3.10. The molecule has 56 valence electrons. The molecule has 0 saturated carbocycles. The summed E-state index contributed by atoms with van der Waals surface area (Å²) in [6.07, 6.45) is -0.834. The summed E-state index contributed by atoms with van der Waals surface area (Å²) in [6, 6.07) is 0. The van der Waals surface area contributed by atoms with E-state index in [1.807, 2.05) is 0 Å². The first-order valence-corrected chi connectivity index (χ1v) is 2.56. The second-order valence-corrected chi connectivity index (χ2v) is 1.66. The van der Waals surface area contributed by atoms with Crippen LogP contribution in [0.5, 0.6) is 0 Å². The second-order valence-electron chi connectivity index (χ2n) is 1.66. The molecule has 0 heterocycles. The van der Waals surface area contributed by atoms with Crippen molar-refractivity contribution < 1.29 is 19.5 Å². The Labute approximate surface area is 56.8 Å². The van der Waals surface area contributed by atoms with Crippen molar-refractivity contribution >= 4 is 17.7 Å². The summed E-state index contributed by atoms with van der Waals surface area (Å²) in [5.41, 5.74) is 4.52. The predicted octanol–water partition coefficient (Wildman–Crippen LogP) is -2.43. The number of primary amides is 1. The van der Waals surface area contributed by atoms with Crippen molar-refractivity contribution in [2.75, 3.05) is 0 Å². The number of Topliss-reactive ketones (excluding diaryl/α,β-unsaturated/α-hetero) is 1. The van der Waals surface area contributed by atoms with Gasteiger partial charge in [-0.3, -0.25) is 9.59 Å².